The van der Waals surface area contributed by atoms with Crippen LogP contribution in [0.2, 0.25) is 0 Å². The molecule has 0 aromatic rings. The van der Waals surface area contributed by atoms with E-state index in [1.807, 2.05) is 44.3 Å². The minimum absolute atomic E-state index is 1.21. The van der Waals surface area contributed by atoms with Crippen LogP contribution >= 0.6 is 0 Å². The maximum absolute atomic E-state index is 3.60. The fourth-order valence-electron chi connectivity index (χ4n) is 0.508. The molecule has 0 aromatic heterocycles. The molecule has 56 valence electrons. The summed E-state index contributed by atoms with van der Waals surface area (Å²) in [6.07, 6.45) is 7.81. The van der Waals surface area contributed by atoms with Gasteiger partial charge in [0.25, 0.3) is 0 Å². The van der Waals surface area contributed by atoms with E-state index < -0.39 is 0 Å². The van der Waals surface area contributed by atoms with Crippen LogP contribution in [0.15, 0.2) is 36.6 Å². The Morgan fingerprint density at radius 3 is 2.40 bits per heavy atom. The first-order valence-corrected chi connectivity index (χ1v) is 3.30. The lowest BCUT2D eigenvalue weighted by molar-refractivity contribution is 0.563. The third kappa shape index (κ3) is 5.16. The van der Waals surface area contributed by atoms with Crippen LogP contribution in [0.1, 0.15) is 6.92 Å². The summed E-state index contributed by atoms with van der Waals surface area (Å²) in [6.45, 7) is 5.65. The quantitative estimate of drug-likeness (QED) is 0.539. The minimum atomic E-state index is 1.21. The Labute approximate surface area is 63.3 Å². The summed E-state index contributed by atoms with van der Waals surface area (Å²) >= 11 is 0. The number of rotatable bonds is 3. The van der Waals surface area contributed by atoms with E-state index in [2.05, 4.69) is 6.58 Å². The van der Waals surface area contributed by atoms with Crippen molar-refractivity contribution in [2.45, 2.75) is 6.92 Å². The molecule has 0 rings (SSSR count). The summed E-state index contributed by atoms with van der Waals surface area (Å²) in [4.78, 5) is 2.00. The molecule has 0 radical (unpaired) electrons. The third-order valence-electron chi connectivity index (χ3n) is 1.02. The maximum Gasteiger partial charge on any atom is 0.00556 e. The molecule has 0 aliphatic rings. The third-order valence-corrected chi connectivity index (χ3v) is 1.02. The molecule has 10 heavy (non-hydrogen) atoms. The molecule has 0 heterocycles. The number of hydrogen-bond donors (Lipinski definition) is 0. The van der Waals surface area contributed by atoms with Crippen LogP contribution in [-0.2, 0) is 0 Å². The van der Waals surface area contributed by atoms with Gasteiger partial charge in [-0.2, -0.15) is 0 Å². The van der Waals surface area contributed by atoms with Crippen LogP contribution in [0.4, 0.5) is 0 Å². The van der Waals surface area contributed by atoms with Crippen molar-refractivity contribution in [1.82, 2.24) is 4.90 Å². The second-order valence-corrected chi connectivity index (χ2v) is 2.43. The molecule has 0 N–H and O–H groups in total. The predicted octanol–water partition coefficient (Wildman–Crippen LogP) is 2.19. The Balaban J connectivity index is 3.88. The average Bonchev–Trinajstić information content (AvgIpc) is 1.85. The summed E-state index contributed by atoms with van der Waals surface area (Å²) in [5.41, 5.74) is 1.21. The van der Waals surface area contributed by atoms with Crippen LogP contribution < -0.4 is 0 Å². The van der Waals surface area contributed by atoms with Gasteiger partial charge in [0.2, 0.25) is 0 Å². The van der Waals surface area contributed by atoms with Crippen molar-refractivity contribution in [3.63, 3.8) is 0 Å². The van der Waals surface area contributed by atoms with Crippen LogP contribution in [-0.4, -0.2) is 19.0 Å². The van der Waals surface area contributed by atoms with Crippen LogP contribution in [0, 0.1) is 0 Å². The summed E-state index contributed by atoms with van der Waals surface area (Å²) in [5, 5.41) is 0. The van der Waals surface area contributed by atoms with Gasteiger partial charge in [0.1, 0.15) is 0 Å². The van der Waals surface area contributed by atoms with Gasteiger partial charge in [0.15, 0.2) is 0 Å². The second-order valence-electron chi connectivity index (χ2n) is 2.43. The van der Waals surface area contributed by atoms with E-state index in [1.54, 1.807) is 6.08 Å². The topological polar surface area (TPSA) is 3.24 Å². The Morgan fingerprint density at radius 1 is 1.40 bits per heavy atom. The van der Waals surface area contributed by atoms with Gasteiger partial charge in [-0.05, 0) is 24.8 Å². The highest BCUT2D eigenvalue weighted by Crippen LogP contribution is 1.94. The van der Waals surface area contributed by atoms with Crippen LogP contribution in [0.3, 0.4) is 0 Å². The molecule has 0 amide bonds. The highest BCUT2D eigenvalue weighted by atomic mass is 15.0. The zero-order valence-corrected chi connectivity index (χ0v) is 6.96. The van der Waals surface area contributed by atoms with Gasteiger partial charge < -0.3 is 4.90 Å². The fourth-order valence-corrected chi connectivity index (χ4v) is 0.508. The number of allylic oxidation sites excluding steroid dienone is 4. The first kappa shape index (κ1) is 9.02. The first-order valence-electron chi connectivity index (χ1n) is 3.30. The molecule has 0 atom stereocenters. The average molecular weight is 137 g/mol. The van der Waals surface area contributed by atoms with Gasteiger partial charge in [-0.25, -0.2) is 0 Å². The zero-order valence-electron chi connectivity index (χ0n) is 6.96. The fraction of sp³-hybridized carbons (Fsp3) is 0.333. The Kier molecular flexibility index (Phi) is 4.38. The molecule has 0 saturated carbocycles. The second kappa shape index (κ2) is 4.86. The Morgan fingerprint density at radius 2 is 2.00 bits per heavy atom. The van der Waals surface area contributed by atoms with Gasteiger partial charge in [-0.1, -0.05) is 18.7 Å². The number of nitrogens with zero attached hydrogens (tertiary/aromatic N) is 1. The van der Waals surface area contributed by atoms with Crippen molar-refractivity contribution in [3.8, 4) is 0 Å². The first-order chi connectivity index (χ1) is 4.66. The monoisotopic (exact) mass is 137 g/mol. The van der Waals surface area contributed by atoms with E-state index >= 15 is 0 Å². The SMILES string of the molecule is C=C/C=C(C)/C=C\N(C)C. The molecular weight excluding hydrogens is 122 g/mol. The molecule has 0 fully saturated rings. The molecule has 0 unspecified atom stereocenters. The zero-order chi connectivity index (χ0) is 7.98. The smallest absolute Gasteiger partial charge is 0.00556 e. The molecule has 0 spiro atoms. The Bertz CT molecular complexity index is 152. The molecule has 1 nitrogen and oxygen atoms in total. The summed E-state index contributed by atoms with van der Waals surface area (Å²) in [6, 6.07) is 0. The summed E-state index contributed by atoms with van der Waals surface area (Å²) < 4.78 is 0. The standard InChI is InChI=1S/C9H15N/c1-5-6-9(2)7-8-10(3)4/h5-8H,1H2,2-4H3/b8-7-,9-6+. The van der Waals surface area contributed by atoms with Crippen molar-refractivity contribution in [1.29, 1.82) is 0 Å². The molecule has 0 aliphatic heterocycles. The highest BCUT2D eigenvalue weighted by Gasteiger charge is 1.78. The maximum atomic E-state index is 3.60. The molecular formula is C9H15N. The van der Waals surface area contributed by atoms with Crippen molar-refractivity contribution in [3.05, 3.63) is 36.6 Å². The molecule has 0 bridgehead atoms. The minimum Gasteiger partial charge on any atom is -0.383 e. The van der Waals surface area contributed by atoms with E-state index in [0.717, 1.165) is 0 Å². The van der Waals surface area contributed by atoms with Gasteiger partial charge in [0, 0.05) is 14.1 Å². The van der Waals surface area contributed by atoms with E-state index in [-0.39, 0.29) is 0 Å². The van der Waals surface area contributed by atoms with Crippen molar-refractivity contribution in [2.75, 3.05) is 14.1 Å². The predicted molar refractivity (Wildman–Crippen MR) is 46.8 cm³/mol. The normalized spacial score (nSPS) is 12.1. The molecule has 0 saturated heterocycles. The number of hydrogen-bond acceptors (Lipinski definition) is 1. The lowest BCUT2D eigenvalue weighted by atomic mass is 10.3. The van der Waals surface area contributed by atoms with E-state index in [1.165, 1.54) is 5.57 Å². The largest absolute Gasteiger partial charge is 0.383 e. The van der Waals surface area contributed by atoms with Gasteiger partial charge in [-0.15, -0.1) is 0 Å². The van der Waals surface area contributed by atoms with Crippen LogP contribution in [0.25, 0.3) is 0 Å². The lowest BCUT2D eigenvalue weighted by Gasteiger charge is -2.02. The molecule has 1 heteroatoms. The van der Waals surface area contributed by atoms with Gasteiger partial charge >= 0.3 is 0 Å². The Hall–Kier alpha value is -0.980. The van der Waals surface area contributed by atoms with Crippen molar-refractivity contribution in [2.24, 2.45) is 0 Å². The van der Waals surface area contributed by atoms with E-state index in [4.69, 9.17) is 0 Å². The van der Waals surface area contributed by atoms with Crippen LogP contribution in [0.5, 0.6) is 0 Å². The lowest BCUT2D eigenvalue weighted by Crippen LogP contribution is -1.99. The summed E-state index contributed by atoms with van der Waals surface area (Å²) in [5.74, 6) is 0. The molecule has 0 aliphatic carbocycles. The van der Waals surface area contributed by atoms with E-state index in [9.17, 15) is 0 Å². The van der Waals surface area contributed by atoms with E-state index in [0.29, 0.717) is 0 Å². The van der Waals surface area contributed by atoms with Gasteiger partial charge in [-0.3, -0.25) is 0 Å². The molecule has 0 aromatic carbocycles. The van der Waals surface area contributed by atoms with Crippen molar-refractivity contribution >= 4 is 0 Å². The van der Waals surface area contributed by atoms with Crippen molar-refractivity contribution < 1.29 is 0 Å². The van der Waals surface area contributed by atoms with Gasteiger partial charge in [0.05, 0.1) is 0 Å². The highest BCUT2D eigenvalue weighted by molar-refractivity contribution is 5.19. The summed E-state index contributed by atoms with van der Waals surface area (Å²) in [7, 11) is 4.00.